The average molecular weight is 440 g/mol. The van der Waals surface area contributed by atoms with Crippen LogP contribution in [0.2, 0.25) is 0 Å². The van der Waals surface area contributed by atoms with Crippen LogP contribution in [0, 0.1) is 13.8 Å². The molecule has 4 N–H and O–H groups in total. The second-order valence-corrected chi connectivity index (χ2v) is 8.03. The van der Waals surface area contributed by atoms with Crippen molar-refractivity contribution in [3.63, 3.8) is 0 Å². The Hall–Kier alpha value is -1.78. The van der Waals surface area contributed by atoms with Gasteiger partial charge in [-0.15, -0.1) is 5.75 Å². The molecule has 0 aliphatic carbocycles. The molecule has 2 fully saturated rings. The molecule has 0 saturated carbocycles. The fourth-order valence-corrected chi connectivity index (χ4v) is 3.79. The van der Waals surface area contributed by atoms with E-state index in [-0.39, 0.29) is 47.8 Å². The van der Waals surface area contributed by atoms with Gasteiger partial charge in [0.2, 0.25) is 0 Å². The molecule has 3 aromatic carbocycles. The normalized spacial score (nSPS) is 24.9. The molecule has 8 heteroatoms. The van der Waals surface area contributed by atoms with Gasteiger partial charge in [0, 0.05) is 0 Å². The van der Waals surface area contributed by atoms with Crippen LogP contribution in [-0.2, 0) is 9.47 Å². The molecule has 0 radical (unpaired) electrons. The van der Waals surface area contributed by atoms with E-state index in [1.807, 2.05) is 68.4 Å². The Kier molecular flexibility index (Phi) is 7.31. The number of aryl methyl sites for hydroxylation is 2. The number of hydrogen-bond acceptors (Lipinski definition) is 7. The molecule has 2 heterocycles. The first kappa shape index (κ1) is 23.4. The van der Waals surface area contributed by atoms with E-state index in [4.69, 9.17) is 9.47 Å². The Labute approximate surface area is 209 Å². The predicted octanol–water partition coefficient (Wildman–Crippen LogP) is 0.0246. The standard InChI is InChI=1S/C24H26N4O3.Na/c1-14-3-7-16(8-4-14)21-25-27-23(30-21)18-11-19(13-20(29)12-18)24-28-26-22(31-24)17-9-5-15(2)6-10-17;/h3-13,21-29H,1-2H3;/q;+1/p-1. The minimum Gasteiger partial charge on any atom is -0.872 e. The summed E-state index contributed by atoms with van der Waals surface area (Å²) in [5.41, 5.74) is 18.5. The molecule has 4 atom stereocenters. The first-order valence-electron chi connectivity index (χ1n) is 10.3. The van der Waals surface area contributed by atoms with Crippen molar-refractivity contribution in [3.05, 3.63) is 100 Å². The fraction of sp³-hybridized carbons (Fsp3) is 0.250. The summed E-state index contributed by atoms with van der Waals surface area (Å²) in [6.45, 7) is 4.10. The van der Waals surface area contributed by atoms with Crippen molar-refractivity contribution >= 4 is 0 Å². The summed E-state index contributed by atoms with van der Waals surface area (Å²) in [4.78, 5) is 0. The molecule has 0 amide bonds. The summed E-state index contributed by atoms with van der Waals surface area (Å²) < 4.78 is 12.2. The maximum absolute atomic E-state index is 12.4. The van der Waals surface area contributed by atoms with Gasteiger partial charge in [-0.3, -0.25) is 0 Å². The van der Waals surface area contributed by atoms with E-state index in [2.05, 4.69) is 21.7 Å². The third kappa shape index (κ3) is 5.07. The summed E-state index contributed by atoms with van der Waals surface area (Å²) in [6.07, 6.45) is -1.47. The van der Waals surface area contributed by atoms with Crippen molar-refractivity contribution in [3.8, 4) is 5.75 Å². The largest absolute Gasteiger partial charge is 1.00 e. The molecule has 3 aromatic rings. The fourth-order valence-electron chi connectivity index (χ4n) is 3.79. The van der Waals surface area contributed by atoms with Crippen LogP contribution in [0.15, 0.2) is 66.7 Å². The van der Waals surface area contributed by atoms with Gasteiger partial charge in [0.15, 0.2) is 0 Å². The van der Waals surface area contributed by atoms with E-state index in [0.29, 0.717) is 0 Å². The summed E-state index contributed by atoms with van der Waals surface area (Å²) in [5, 5.41) is 12.4. The SMILES string of the molecule is Cc1ccc(C2NNC(c3cc([O-])cc(C4NNC(c5ccc(C)cc5)O4)c3)O2)cc1.[Na+]. The molecule has 2 aliphatic rings. The zero-order chi connectivity index (χ0) is 21.4. The smallest absolute Gasteiger partial charge is 0.872 e. The number of hydrazine groups is 2. The minimum absolute atomic E-state index is 0. The molecular weight excluding hydrogens is 415 g/mol. The van der Waals surface area contributed by atoms with Gasteiger partial charge in [0.1, 0.15) is 24.9 Å². The Morgan fingerprint density at radius 3 is 1.28 bits per heavy atom. The molecule has 32 heavy (non-hydrogen) atoms. The molecule has 2 aliphatic heterocycles. The minimum atomic E-state index is -0.443. The third-order valence-electron chi connectivity index (χ3n) is 5.55. The average Bonchev–Trinajstić information content (AvgIpc) is 3.45. The molecule has 160 valence electrons. The van der Waals surface area contributed by atoms with E-state index in [1.54, 1.807) is 12.1 Å². The summed E-state index contributed by atoms with van der Waals surface area (Å²) >= 11 is 0. The van der Waals surface area contributed by atoms with Crippen LogP contribution < -0.4 is 56.4 Å². The predicted molar refractivity (Wildman–Crippen MR) is 114 cm³/mol. The van der Waals surface area contributed by atoms with Crippen LogP contribution >= 0.6 is 0 Å². The van der Waals surface area contributed by atoms with Crippen molar-refractivity contribution < 1.29 is 44.1 Å². The Morgan fingerprint density at radius 1 is 0.562 bits per heavy atom. The number of ether oxygens (including phenoxy) is 2. The number of hydrogen-bond donors (Lipinski definition) is 4. The molecule has 7 nitrogen and oxygen atoms in total. The number of nitrogens with one attached hydrogen (secondary N) is 4. The van der Waals surface area contributed by atoms with Gasteiger partial charge in [-0.2, -0.15) is 0 Å². The maximum Gasteiger partial charge on any atom is 1.00 e. The molecule has 0 bridgehead atoms. The van der Waals surface area contributed by atoms with Crippen LogP contribution in [0.25, 0.3) is 0 Å². The second-order valence-electron chi connectivity index (χ2n) is 8.03. The Balaban J connectivity index is 0.00000245. The molecule has 2 saturated heterocycles. The van der Waals surface area contributed by atoms with Crippen molar-refractivity contribution in [1.29, 1.82) is 0 Å². The topological polar surface area (TPSA) is 89.6 Å². The van der Waals surface area contributed by atoms with Gasteiger partial charge < -0.3 is 14.6 Å². The quantitative estimate of drug-likeness (QED) is 0.426. The van der Waals surface area contributed by atoms with Crippen molar-refractivity contribution in [1.82, 2.24) is 21.7 Å². The van der Waals surface area contributed by atoms with E-state index >= 15 is 0 Å². The third-order valence-corrected chi connectivity index (χ3v) is 5.55. The molecule has 4 unspecified atom stereocenters. The summed E-state index contributed by atoms with van der Waals surface area (Å²) in [7, 11) is 0. The van der Waals surface area contributed by atoms with Gasteiger partial charge in [-0.05, 0) is 42.2 Å². The van der Waals surface area contributed by atoms with Gasteiger partial charge in [-0.25, -0.2) is 21.7 Å². The van der Waals surface area contributed by atoms with Crippen molar-refractivity contribution in [2.45, 2.75) is 38.8 Å². The van der Waals surface area contributed by atoms with E-state index in [0.717, 1.165) is 22.3 Å². The van der Waals surface area contributed by atoms with Gasteiger partial charge in [0.25, 0.3) is 0 Å². The summed E-state index contributed by atoms with van der Waals surface area (Å²) in [5.74, 6) is -0.0964. The van der Waals surface area contributed by atoms with Crippen molar-refractivity contribution in [2.24, 2.45) is 0 Å². The molecule has 0 aromatic heterocycles. The maximum atomic E-state index is 12.4. The van der Waals surface area contributed by atoms with Gasteiger partial charge in [-0.1, -0.05) is 71.8 Å². The van der Waals surface area contributed by atoms with E-state index in [1.165, 1.54) is 11.1 Å². The first-order chi connectivity index (χ1) is 15.0. The number of rotatable bonds is 4. The van der Waals surface area contributed by atoms with Crippen LogP contribution in [0.3, 0.4) is 0 Å². The van der Waals surface area contributed by atoms with E-state index < -0.39 is 12.5 Å². The van der Waals surface area contributed by atoms with Crippen LogP contribution in [0.5, 0.6) is 5.75 Å². The first-order valence-corrected chi connectivity index (χ1v) is 10.3. The zero-order valence-electron chi connectivity index (χ0n) is 18.4. The van der Waals surface area contributed by atoms with Gasteiger partial charge in [0.05, 0.1) is 0 Å². The molecule has 5 rings (SSSR count). The molecular formula is C24H25N4NaO3. The van der Waals surface area contributed by atoms with Crippen LogP contribution in [-0.4, -0.2) is 0 Å². The van der Waals surface area contributed by atoms with Crippen molar-refractivity contribution in [2.75, 3.05) is 0 Å². The zero-order valence-corrected chi connectivity index (χ0v) is 20.4. The van der Waals surface area contributed by atoms with Crippen LogP contribution in [0.4, 0.5) is 0 Å². The monoisotopic (exact) mass is 440 g/mol. The Bertz CT molecular complexity index is 980. The number of benzene rings is 3. The summed E-state index contributed by atoms with van der Waals surface area (Å²) in [6, 6.07) is 21.4. The van der Waals surface area contributed by atoms with Crippen LogP contribution in [0.1, 0.15) is 58.3 Å². The Morgan fingerprint density at radius 2 is 0.906 bits per heavy atom. The second kappa shape index (κ2) is 10.0. The van der Waals surface area contributed by atoms with E-state index in [9.17, 15) is 5.11 Å². The van der Waals surface area contributed by atoms with Gasteiger partial charge >= 0.3 is 29.6 Å². The molecule has 0 spiro atoms.